The molecule has 0 spiro atoms. The molecule has 5 aliphatic rings. The summed E-state index contributed by atoms with van der Waals surface area (Å²) in [6.45, 7) is 5.45. The van der Waals surface area contributed by atoms with E-state index in [1.165, 1.54) is 16.7 Å². The molecule has 5 heterocycles. The van der Waals surface area contributed by atoms with E-state index in [1.807, 2.05) is 6.92 Å². The molecule has 2 amide bonds. The quantitative estimate of drug-likeness (QED) is 0.256. The minimum absolute atomic E-state index is 0.00306. The highest BCUT2D eigenvalue weighted by Crippen LogP contribution is 2.53. The number of hydrogen-bond donors (Lipinski definition) is 4. The van der Waals surface area contributed by atoms with Crippen LogP contribution in [0.25, 0.3) is 0 Å². The Labute approximate surface area is 226 Å². The van der Waals surface area contributed by atoms with Crippen LogP contribution in [0.5, 0.6) is 0 Å². The van der Waals surface area contributed by atoms with Gasteiger partial charge in [0.25, 0.3) is 0 Å². The number of carbonyl (C=O) groups excluding carboxylic acids is 3. The number of carbonyl (C=O) groups is 4. The second-order valence-corrected chi connectivity index (χ2v) is 14.7. The molecule has 0 saturated carbocycles. The molecule has 0 aromatic rings. The lowest BCUT2D eigenvalue weighted by atomic mass is 9.73. The lowest BCUT2D eigenvalue weighted by Crippen LogP contribution is -2.62. The molecule has 14 heteroatoms. The van der Waals surface area contributed by atoms with Crippen LogP contribution in [0.15, 0.2) is 10.6 Å². The molecule has 5 rings (SSSR count). The Hall–Kier alpha value is -2.00. The number of aliphatic carboxylic acids is 1. The molecule has 4 fully saturated rings. The van der Waals surface area contributed by atoms with Crippen LogP contribution in [0.4, 0.5) is 0 Å². The summed E-state index contributed by atoms with van der Waals surface area (Å²) >= 11 is 1.42. The molecule has 12 nitrogen and oxygen atoms in total. The first kappa shape index (κ1) is 27.6. The van der Waals surface area contributed by atoms with E-state index in [0.717, 1.165) is 6.42 Å². The third-order valence-electron chi connectivity index (χ3n) is 8.51. The van der Waals surface area contributed by atoms with Crippen molar-refractivity contribution in [2.24, 2.45) is 23.5 Å². The Bertz CT molecular complexity index is 1190. The number of Topliss-reactive ketones (excluding diaryl/α,β-unsaturated/α-hetero) is 1. The summed E-state index contributed by atoms with van der Waals surface area (Å²) < 4.78 is 23.4. The molecule has 0 aromatic carbocycles. The number of fused-ring (bicyclic) bond motifs is 1. The van der Waals surface area contributed by atoms with Crippen molar-refractivity contribution in [3.8, 4) is 0 Å². The van der Waals surface area contributed by atoms with E-state index < -0.39 is 27.8 Å². The zero-order valence-corrected chi connectivity index (χ0v) is 23.1. The van der Waals surface area contributed by atoms with Crippen molar-refractivity contribution in [2.75, 3.05) is 31.3 Å². The normalized spacial score (nSPS) is 36.9. The van der Waals surface area contributed by atoms with E-state index in [-0.39, 0.29) is 76.6 Å². The van der Waals surface area contributed by atoms with Gasteiger partial charge in [0.1, 0.15) is 5.70 Å². The van der Waals surface area contributed by atoms with Crippen LogP contribution in [0, 0.1) is 17.8 Å². The summed E-state index contributed by atoms with van der Waals surface area (Å²) in [6, 6.07) is -1.47. The highest BCUT2D eigenvalue weighted by molar-refractivity contribution is 8.03. The number of carboxylic acids is 1. The van der Waals surface area contributed by atoms with Crippen LogP contribution in [0.1, 0.15) is 33.1 Å². The summed E-state index contributed by atoms with van der Waals surface area (Å²) in [6.07, 6.45) is 1.39. The molecule has 0 aromatic heterocycles. The number of ketones is 1. The molecule has 5 N–H and O–H groups in total. The number of hydrogen-bond acceptors (Lipinski definition) is 10. The average molecular weight is 570 g/mol. The van der Waals surface area contributed by atoms with Crippen molar-refractivity contribution >= 4 is 45.2 Å². The maximum absolute atomic E-state index is 13.2. The van der Waals surface area contributed by atoms with E-state index in [4.69, 9.17) is 5.73 Å². The van der Waals surface area contributed by atoms with Crippen molar-refractivity contribution in [2.45, 2.75) is 62.5 Å². The Balaban J connectivity index is 1.24. The fourth-order valence-electron chi connectivity index (χ4n) is 6.53. The van der Waals surface area contributed by atoms with Gasteiger partial charge in [0.05, 0.1) is 35.7 Å². The molecule has 0 aliphatic carbocycles. The van der Waals surface area contributed by atoms with Gasteiger partial charge in [-0.3, -0.25) is 19.7 Å². The number of amides is 2. The topological polar surface area (TPSA) is 179 Å². The first-order valence-corrected chi connectivity index (χ1v) is 15.8. The summed E-state index contributed by atoms with van der Waals surface area (Å²) in [7, 11) is -3.29. The second kappa shape index (κ2) is 10.2. The molecule has 4 saturated heterocycles. The van der Waals surface area contributed by atoms with Crippen molar-refractivity contribution in [3.63, 3.8) is 0 Å². The number of rotatable bonds is 8. The Kier molecular flexibility index (Phi) is 7.39. The lowest BCUT2D eigenvalue weighted by molar-refractivity contribution is -0.160. The van der Waals surface area contributed by atoms with Gasteiger partial charge in [0.15, 0.2) is 15.6 Å². The first-order valence-electron chi connectivity index (χ1n) is 13.1. The van der Waals surface area contributed by atoms with Crippen LogP contribution in [0.3, 0.4) is 0 Å². The van der Waals surface area contributed by atoms with Gasteiger partial charge in [0, 0.05) is 48.2 Å². The largest absolute Gasteiger partial charge is 0.477 e. The van der Waals surface area contributed by atoms with Crippen LogP contribution in [-0.2, 0) is 29.0 Å². The lowest BCUT2D eigenvalue weighted by Gasteiger charge is -2.47. The van der Waals surface area contributed by atoms with E-state index in [0.29, 0.717) is 31.0 Å². The number of sulfone groups is 1. The van der Waals surface area contributed by atoms with Gasteiger partial charge in [-0.2, -0.15) is 0 Å². The van der Waals surface area contributed by atoms with Crippen molar-refractivity contribution in [1.29, 1.82) is 0 Å². The van der Waals surface area contributed by atoms with Crippen molar-refractivity contribution < 1.29 is 32.7 Å². The average Bonchev–Trinajstić information content (AvgIpc) is 3.61. The number of likely N-dealkylation sites (tertiary alicyclic amines) is 1. The minimum atomic E-state index is -3.29. The van der Waals surface area contributed by atoms with Crippen LogP contribution in [0.2, 0.25) is 0 Å². The molecule has 8 atom stereocenters. The maximum Gasteiger partial charge on any atom is 0.353 e. The monoisotopic (exact) mass is 569 g/mol. The number of nitrogens with one attached hydrogen (secondary N) is 2. The fraction of sp³-hybridized carbons (Fsp3) is 0.750. The van der Waals surface area contributed by atoms with Gasteiger partial charge in [-0.1, -0.05) is 13.8 Å². The second-order valence-electron chi connectivity index (χ2n) is 11.3. The zero-order valence-electron chi connectivity index (χ0n) is 21.5. The number of β-lactam (4-membered cyclic amide) rings is 1. The standard InChI is InChI=1S/C24H35N5O7S2/c1-11(5-17(30)16-9-38(35,36)10-27-16)18-19-12(2)21(20(24(33)34)29(19)23(18)32)37-14-6-15(26-7-14)22(31)28-4-3-13(25)8-28/h11-16,18-19,26-27H,3-10,25H2,1-2H3,(H,33,34)/t11-,12+,13-,14-,15-,16+,18+,19-/m0/s1. The van der Waals surface area contributed by atoms with E-state index >= 15 is 0 Å². The number of nitrogens with two attached hydrogens (primary N) is 1. The van der Waals surface area contributed by atoms with E-state index in [2.05, 4.69) is 10.6 Å². The third kappa shape index (κ3) is 4.89. The summed E-state index contributed by atoms with van der Waals surface area (Å²) in [5.74, 6) is -3.28. The van der Waals surface area contributed by atoms with Gasteiger partial charge < -0.3 is 26.0 Å². The van der Waals surface area contributed by atoms with Gasteiger partial charge >= 0.3 is 5.97 Å². The minimum Gasteiger partial charge on any atom is -0.477 e. The van der Waals surface area contributed by atoms with Gasteiger partial charge in [-0.25, -0.2) is 13.2 Å². The molecular formula is C24H35N5O7S2. The maximum atomic E-state index is 13.2. The first-order chi connectivity index (χ1) is 17.9. The Morgan fingerprint density at radius 2 is 1.97 bits per heavy atom. The number of thioether (sulfide) groups is 1. The van der Waals surface area contributed by atoms with E-state index in [9.17, 15) is 32.7 Å². The van der Waals surface area contributed by atoms with Gasteiger partial charge in [0.2, 0.25) is 11.8 Å². The van der Waals surface area contributed by atoms with Crippen molar-refractivity contribution in [3.05, 3.63) is 10.6 Å². The number of nitrogens with zero attached hydrogens (tertiary/aromatic N) is 2. The fourth-order valence-corrected chi connectivity index (χ4v) is 9.39. The van der Waals surface area contributed by atoms with Crippen LogP contribution < -0.4 is 16.4 Å². The predicted octanol–water partition coefficient (Wildman–Crippen LogP) is -1.28. The molecule has 38 heavy (non-hydrogen) atoms. The van der Waals surface area contributed by atoms with Crippen LogP contribution in [-0.4, -0.2) is 108 Å². The Morgan fingerprint density at radius 1 is 1.24 bits per heavy atom. The summed E-state index contributed by atoms with van der Waals surface area (Å²) in [4.78, 5) is 54.8. The highest BCUT2D eigenvalue weighted by Gasteiger charge is 2.60. The molecule has 0 bridgehead atoms. The molecule has 0 radical (unpaired) electrons. The van der Waals surface area contributed by atoms with Gasteiger partial charge in [-0.15, -0.1) is 11.8 Å². The predicted molar refractivity (Wildman–Crippen MR) is 139 cm³/mol. The van der Waals surface area contributed by atoms with E-state index in [1.54, 1.807) is 11.8 Å². The van der Waals surface area contributed by atoms with Crippen molar-refractivity contribution in [1.82, 2.24) is 20.4 Å². The summed E-state index contributed by atoms with van der Waals surface area (Å²) in [5.41, 5.74) is 5.94. The third-order valence-corrected chi connectivity index (χ3v) is 11.5. The molecule has 5 aliphatic heterocycles. The smallest absolute Gasteiger partial charge is 0.353 e. The highest BCUT2D eigenvalue weighted by atomic mass is 32.2. The Morgan fingerprint density at radius 3 is 2.58 bits per heavy atom. The zero-order chi connectivity index (χ0) is 27.5. The molecular weight excluding hydrogens is 534 g/mol. The molecule has 210 valence electrons. The van der Waals surface area contributed by atoms with Crippen LogP contribution >= 0.6 is 11.8 Å². The van der Waals surface area contributed by atoms with Gasteiger partial charge in [-0.05, 0) is 18.8 Å². The SMILES string of the molecule is C[C@@H](CC(=O)[C@H]1CS(=O)(=O)CN1)[C@H]1C(=O)N2C(C(=O)O)=C(S[C@@H]3CN[C@H](C(=O)N4CC[C@H](N)C4)C3)[C@H](C)[C@@H]12. The molecule has 0 unspecified atom stereocenters. The number of carboxylic acid groups (broad SMARTS) is 1. The summed E-state index contributed by atoms with van der Waals surface area (Å²) in [5, 5.41) is 16.0.